The Labute approximate surface area is 114 Å². The van der Waals surface area contributed by atoms with Crippen molar-refractivity contribution in [1.29, 1.82) is 0 Å². The fraction of sp³-hybridized carbons (Fsp3) is 0.692. The Morgan fingerprint density at radius 3 is 2.78 bits per heavy atom. The number of likely N-dealkylation sites (N-methyl/N-ethyl adjacent to an activating group) is 1. The van der Waals surface area contributed by atoms with Crippen molar-refractivity contribution < 1.29 is 0 Å². The lowest BCUT2D eigenvalue weighted by atomic mass is 10.1. The van der Waals surface area contributed by atoms with Crippen LogP contribution in [0.15, 0.2) is 6.33 Å². The maximum atomic E-state index is 6.16. The van der Waals surface area contributed by atoms with E-state index in [-0.39, 0.29) is 0 Å². The van der Waals surface area contributed by atoms with Crippen LogP contribution in [0.3, 0.4) is 0 Å². The van der Waals surface area contributed by atoms with Crippen LogP contribution in [0, 0.1) is 0 Å². The summed E-state index contributed by atoms with van der Waals surface area (Å²) in [5.41, 5.74) is 1.07. The van der Waals surface area contributed by atoms with E-state index in [4.69, 9.17) is 11.6 Å². The molecule has 4 nitrogen and oxygen atoms in total. The van der Waals surface area contributed by atoms with Gasteiger partial charge in [-0.25, -0.2) is 9.97 Å². The average molecular weight is 269 g/mol. The highest BCUT2D eigenvalue weighted by Crippen LogP contribution is 2.26. The fourth-order valence-corrected chi connectivity index (χ4v) is 2.80. The SMILES string of the molecule is CCc1c(Cl)ncnc1N1CCN(C)C(CC)C1. The zero-order valence-corrected chi connectivity index (χ0v) is 12.1. The zero-order valence-electron chi connectivity index (χ0n) is 11.4. The third kappa shape index (κ3) is 2.59. The third-order valence-electron chi connectivity index (χ3n) is 3.77. The highest BCUT2D eigenvalue weighted by Gasteiger charge is 2.25. The molecule has 100 valence electrons. The molecule has 2 heterocycles. The molecule has 1 aliphatic heterocycles. The Hall–Kier alpha value is -0.870. The van der Waals surface area contributed by atoms with Crippen LogP contribution in [0.1, 0.15) is 25.8 Å². The van der Waals surface area contributed by atoms with Crippen LogP contribution < -0.4 is 4.90 Å². The summed E-state index contributed by atoms with van der Waals surface area (Å²) in [6.45, 7) is 7.43. The molecule has 1 saturated heterocycles. The summed E-state index contributed by atoms with van der Waals surface area (Å²) in [6, 6.07) is 0.595. The number of nitrogens with zero attached hydrogens (tertiary/aromatic N) is 4. The molecule has 1 aromatic rings. The van der Waals surface area contributed by atoms with E-state index in [1.807, 2.05) is 0 Å². The van der Waals surface area contributed by atoms with Gasteiger partial charge in [0.25, 0.3) is 0 Å². The molecule has 0 aliphatic carbocycles. The lowest BCUT2D eigenvalue weighted by Gasteiger charge is -2.40. The van der Waals surface area contributed by atoms with Gasteiger partial charge in [0.1, 0.15) is 17.3 Å². The van der Waals surface area contributed by atoms with Crippen LogP contribution in [-0.2, 0) is 6.42 Å². The number of hydrogen-bond acceptors (Lipinski definition) is 4. The van der Waals surface area contributed by atoms with Crippen molar-refractivity contribution in [3.8, 4) is 0 Å². The predicted molar refractivity (Wildman–Crippen MR) is 75.3 cm³/mol. The fourth-order valence-electron chi connectivity index (χ4n) is 2.54. The summed E-state index contributed by atoms with van der Waals surface area (Å²) in [4.78, 5) is 13.3. The third-order valence-corrected chi connectivity index (χ3v) is 4.10. The van der Waals surface area contributed by atoms with Crippen LogP contribution in [0.25, 0.3) is 0 Å². The summed E-state index contributed by atoms with van der Waals surface area (Å²) in [5, 5.41) is 0.592. The minimum Gasteiger partial charge on any atom is -0.353 e. The highest BCUT2D eigenvalue weighted by molar-refractivity contribution is 6.30. The van der Waals surface area contributed by atoms with Crippen molar-refractivity contribution in [2.75, 3.05) is 31.6 Å². The lowest BCUT2D eigenvalue weighted by molar-refractivity contribution is 0.212. The number of rotatable bonds is 3. The van der Waals surface area contributed by atoms with Crippen molar-refractivity contribution in [3.05, 3.63) is 17.0 Å². The molecule has 1 unspecified atom stereocenters. The molecule has 0 bridgehead atoms. The molecule has 1 aromatic heterocycles. The van der Waals surface area contributed by atoms with E-state index >= 15 is 0 Å². The van der Waals surface area contributed by atoms with E-state index in [0.717, 1.165) is 43.9 Å². The molecule has 5 heteroatoms. The Morgan fingerprint density at radius 1 is 1.33 bits per heavy atom. The molecule has 1 fully saturated rings. The van der Waals surface area contributed by atoms with Gasteiger partial charge in [-0.1, -0.05) is 25.4 Å². The number of piperazine rings is 1. The number of anilines is 1. The zero-order chi connectivity index (χ0) is 13.1. The van der Waals surface area contributed by atoms with Crippen molar-refractivity contribution in [3.63, 3.8) is 0 Å². The van der Waals surface area contributed by atoms with Gasteiger partial charge in [-0.3, -0.25) is 4.90 Å². The van der Waals surface area contributed by atoms with Crippen LogP contribution in [-0.4, -0.2) is 47.6 Å². The summed E-state index contributed by atoms with van der Waals surface area (Å²) >= 11 is 6.16. The van der Waals surface area contributed by atoms with Crippen molar-refractivity contribution >= 4 is 17.4 Å². The second kappa shape index (κ2) is 5.85. The first-order valence-electron chi connectivity index (χ1n) is 6.61. The maximum absolute atomic E-state index is 6.16. The second-order valence-corrected chi connectivity index (χ2v) is 5.17. The molecule has 0 aromatic carbocycles. The predicted octanol–water partition coefficient (Wildman–Crippen LogP) is 2.22. The molecule has 0 amide bonds. The summed E-state index contributed by atoms with van der Waals surface area (Å²) in [5.74, 6) is 1.02. The largest absolute Gasteiger partial charge is 0.353 e. The van der Waals surface area contributed by atoms with Crippen molar-refractivity contribution in [2.24, 2.45) is 0 Å². The van der Waals surface area contributed by atoms with Crippen LogP contribution in [0.4, 0.5) is 5.82 Å². The molecule has 0 radical (unpaired) electrons. The van der Waals surface area contributed by atoms with Gasteiger partial charge in [0.15, 0.2) is 0 Å². The van der Waals surface area contributed by atoms with Gasteiger partial charge < -0.3 is 4.90 Å². The van der Waals surface area contributed by atoms with E-state index in [0.29, 0.717) is 11.2 Å². The van der Waals surface area contributed by atoms with E-state index in [9.17, 15) is 0 Å². The second-order valence-electron chi connectivity index (χ2n) is 4.81. The lowest BCUT2D eigenvalue weighted by Crippen LogP contribution is -2.51. The van der Waals surface area contributed by atoms with Crippen LogP contribution >= 0.6 is 11.6 Å². The minimum atomic E-state index is 0.592. The Kier molecular flexibility index (Phi) is 4.40. The van der Waals surface area contributed by atoms with E-state index < -0.39 is 0 Å². The first kappa shape index (κ1) is 13.6. The molecule has 0 saturated carbocycles. The van der Waals surface area contributed by atoms with Gasteiger partial charge in [-0.2, -0.15) is 0 Å². The van der Waals surface area contributed by atoms with E-state index in [2.05, 4.69) is 40.7 Å². The first-order valence-corrected chi connectivity index (χ1v) is 6.99. The van der Waals surface area contributed by atoms with Crippen molar-refractivity contribution in [1.82, 2.24) is 14.9 Å². The standard InChI is InChI=1S/C13H21ClN4/c1-4-10-8-18(7-6-17(10)3)13-11(5-2)12(14)15-9-16-13/h9-10H,4-8H2,1-3H3. The number of hydrogen-bond donors (Lipinski definition) is 0. The van der Waals surface area contributed by atoms with Crippen LogP contribution in [0.2, 0.25) is 5.15 Å². The van der Waals surface area contributed by atoms with Crippen molar-refractivity contribution in [2.45, 2.75) is 32.7 Å². The van der Waals surface area contributed by atoms with E-state index in [1.165, 1.54) is 0 Å². The summed E-state index contributed by atoms with van der Waals surface area (Å²) in [7, 11) is 2.19. The average Bonchev–Trinajstić information content (AvgIpc) is 2.39. The van der Waals surface area contributed by atoms with Gasteiger partial charge in [0, 0.05) is 31.2 Å². The quantitative estimate of drug-likeness (QED) is 0.787. The Morgan fingerprint density at radius 2 is 2.11 bits per heavy atom. The molecule has 1 aliphatic rings. The van der Waals surface area contributed by atoms with Gasteiger partial charge in [0.05, 0.1) is 0 Å². The molecule has 0 N–H and O–H groups in total. The van der Waals surface area contributed by atoms with Crippen LogP contribution in [0.5, 0.6) is 0 Å². The van der Waals surface area contributed by atoms with Gasteiger partial charge in [0.2, 0.25) is 0 Å². The van der Waals surface area contributed by atoms with Gasteiger partial charge >= 0.3 is 0 Å². The van der Waals surface area contributed by atoms with Gasteiger partial charge in [-0.15, -0.1) is 0 Å². The molecule has 0 spiro atoms. The summed E-state index contributed by atoms with van der Waals surface area (Å²) in [6.07, 6.45) is 3.60. The molecule has 1 atom stereocenters. The Balaban J connectivity index is 2.24. The topological polar surface area (TPSA) is 32.3 Å². The molecular formula is C13H21ClN4. The maximum Gasteiger partial charge on any atom is 0.137 e. The number of halogens is 1. The molecular weight excluding hydrogens is 248 g/mol. The van der Waals surface area contributed by atoms with E-state index in [1.54, 1.807) is 6.33 Å². The normalized spacial score (nSPS) is 21.3. The molecule has 18 heavy (non-hydrogen) atoms. The first-order chi connectivity index (χ1) is 8.67. The summed E-state index contributed by atoms with van der Waals surface area (Å²) < 4.78 is 0. The highest BCUT2D eigenvalue weighted by atomic mass is 35.5. The minimum absolute atomic E-state index is 0.592. The monoisotopic (exact) mass is 268 g/mol. The van der Waals surface area contributed by atoms with Gasteiger partial charge in [-0.05, 0) is 19.9 Å². The Bertz CT molecular complexity index is 410. The molecule has 2 rings (SSSR count). The smallest absolute Gasteiger partial charge is 0.137 e. The number of aromatic nitrogens is 2.